The van der Waals surface area contributed by atoms with Crippen LogP contribution in [0.25, 0.3) is 22.4 Å². The van der Waals surface area contributed by atoms with Gasteiger partial charge in [-0.15, -0.1) is 0 Å². The number of aryl methyl sites for hydroxylation is 3. The van der Waals surface area contributed by atoms with Crippen LogP contribution in [0.15, 0.2) is 21.1 Å². The van der Waals surface area contributed by atoms with Crippen molar-refractivity contribution in [3.63, 3.8) is 0 Å². The maximum Gasteiger partial charge on any atom is 0.305 e. The number of pyridine rings is 1. The van der Waals surface area contributed by atoms with Gasteiger partial charge in [-0.05, 0) is 46.8 Å². The lowest BCUT2D eigenvalue weighted by Crippen LogP contribution is -2.38. The zero-order valence-electron chi connectivity index (χ0n) is 16.6. The van der Waals surface area contributed by atoms with E-state index in [0.717, 1.165) is 11.3 Å². The van der Waals surface area contributed by atoms with Crippen LogP contribution in [0.4, 0.5) is 0 Å². The highest BCUT2D eigenvalue weighted by Gasteiger charge is 2.26. The number of fused-ring (bicyclic) bond motifs is 1. The van der Waals surface area contributed by atoms with Gasteiger partial charge in [0.05, 0.1) is 28.8 Å². The summed E-state index contributed by atoms with van der Waals surface area (Å²) in [6.07, 6.45) is -0.131. The van der Waals surface area contributed by atoms with Crippen molar-refractivity contribution in [1.82, 2.24) is 15.0 Å². The van der Waals surface area contributed by atoms with Gasteiger partial charge in [0.15, 0.2) is 0 Å². The third-order valence-electron chi connectivity index (χ3n) is 4.62. The van der Waals surface area contributed by atoms with Gasteiger partial charge in [-0.3, -0.25) is 9.59 Å². The average molecular weight is 385 g/mol. The van der Waals surface area contributed by atoms with Crippen LogP contribution in [0.5, 0.6) is 0 Å². The lowest BCUT2D eigenvalue weighted by atomic mass is 10.0. The van der Waals surface area contributed by atoms with Crippen molar-refractivity contribution in [3.8, 4) is 11.3 Å². The Morgan fingerprint density at radius 2 is 1.93 bits per heavy atom. The summed E-state index contributed by atoms with van der Waals surface area (Å²) in [6.45, 7) is 9.22. The van der Waals surface area contributed by atoms with Gasteiger partial charge in [0.25, 0.3) is 11.6 Å². The third-order valence-corrected chi connectivity index (χ3v) is 4.62. The SMILES string of the molecule is Cc1cc(-c2cc(C(=O)N(CCC(=O)O)C(C)C)c3c(C)noc3n2)c(C)o1. The van der Waals surface area contributed by atoms with Crippen molar-refractivity contribution in [2.24, 2.45) is 0 Å². The van der Waals surface area contributed by atoms with Crippen molar-refractivity contribution in [3.05, 3.63) is 34.9 Å². The fraction of sp³-hybridized carbons (Fsp3) is 0.400. The number of carbonyl (C=O) groups is 2. The highest BCUT2D eigenvalue weighted by molar-refractivity contribution is 6.07. The van der Waals surface area contributed by atoms with Crippen molar-refractivity contribution < 1.29 is 23.6 Å². The number of carboxylic acid groups (broad SMARTS) is 1. The number of aliphatic carboxylic acids is 1. The zero-order chi connectivity index (χ0) is 20.6. The molecule has 0 unspecified atom stereocenters. The summed E-state index contributed by atoms with van der Waals surface area (Å²) in [6, 6.07) is 3.38. The summed E-state index contributed by atoms with van der Waals surface area (Å²) in [5, 5.41) is 13.5. The molecule has 0 atom stereocenters. The first-order valence-corrected chi connectivity index (χ1v) is 9.06. The van der Waals surface area contributed by atoms with Crippen LogP contribution < -0.4 is 0 Å². The first kappa shape index (κ1) is 19.6. The van der Waals surface area contributed by atoms with Crippen LogP contribution in [-0.2, 0) is 4.79 Å². The largest absolute Gasteiger partial charge is 0.481 e. The van der Waals surface area contributed by atoms with E-state index in [1.165, 1.54) is 4.90 Å². The van der Waals surface area contributed by atoms with Crippen molar-refractivity contribution >= 4 is 23.0 Å². The monoisotopic (exact) mass is 385 g/mol. The molecule has 3 heterocycles. The number of furan rings is 1. The first-order valence-electron chi connectivity index (χ1n) is 9.06. The molecule has 1 N–H and O–H groups in total. The van der Waals surface area contributed by atoms with E-state index in [4.69, 9.17) is 14.0 Å². The van der Waals surface area contributed by atoms with Crippen LogP contribution in [0.2, 0.25) is 0 Å². The third kappa shape index (κ3) is 3.62. The standard InChI is InChI=1S/C20H23N3O5/c1-10(2)23(7-6-17(24)25)20(26)15-9-16(14-8-11(3)27-13(14)5)21-19-18(15)12(4)22-28-19/h8-10H,6-7H2,1-5H3,(H,24,25). The number of nitrogens with zero attached hydrogens (tertiary/aromatic N) is 3. The van der Waals surface area contributed by atoms with Crippen LogP contribution in [-0.4, -0.2) is 44.6 Å². The second-order valence-electron chi connectivity index (χ2n) is 7.07. The molecule has 0 aromatic carbocycles. The molecule has 0 aliphatic heterocycles. The van der Waals surface area contributed by atoms with Crippen molar-refractivity contribution in [2.75, 3.05) is 6.54 Å². The van der Waals surface area contributed by atoms with Gasteiger partial charge in [-0.2, -0.15) is 0 Å². The highest BCUT2D eigenvalue weighted by atomic mass is 16.5. The molecule has 3 aromatic heterocycles. The van der Waals surface area contributed by atoms with E-state index in [2.05, 4.69) is 10.1 Å². The molecule has 0 aliphatic carbocycles. The minimum Gasteiger partial charge on any atom is -0.481 e. The number of hydrogen-bond donors (Lipinski definition) is 1. The summed E-state index contributed by atoms with van der Waals surface area (Å²) in [7, 11) is 0. The molecule has 28 heavy (non-hydrogen) atoms. The van der Waals surface area contributed by atoms with Gasteiger partial charge in [0, 0.05) is 18.2 Å². The molecule has 0 fully saturated rings. The number of carbonyl (C=O) groups excluding carboxylic acids is 1. The molecule has 0 saturated heterocycles. The maximum absolute atomic E-state index is 13.3. The fourth-order valence-electron chi connectivity index (χ4n) is 3.25. The van der Waals surface area contributed by atoms with Crippen molar-refractivity contribution in [2.45, 2.75) is 47.1 Å². The molecular formula is C20H23N3O5. The molecule has 3 aromatic rings. The predicted molar refractivity (Wildman–Crippen MR) is 102 cm³/mol. The Hall–Kier alpha value is -3.16. The molecular weight excluding hydrogens is 362 g/mol. The maximum atomic E-state index is 13.3. The van der Waals surface area contributed by atoms with E-state index in [9.17, 15) is 9.59 Å². The highest BCUT2D eigenvalue weighted by Crippen LogP contribution is 2.31. The Bertz CT molecular complexity index is 1050. The smallest absolute Gasteiger partial charge is 0.305 e. The Kier molecular flexibility index (Phi) is 5.22. The normalized spacial score (nSPS) is 11.4. The van der Waals surface area contributed by atoms with Crippen LogP contribution >= 0.6 is 0 Å². The Balaban J connectivity index is 2.15. The predicted octanol–water partition coefficient (Wildman–Crippen LogP) is 3.73. The summed E-state index contributed by atoms with van der Waals surface area (Å²) >= 11 is 0. The molecule has 0 spiro atoms. The Morgan fingerprint density at radius 3 is 2.50 bits per heavy atom. The van der Waals surface area contributed by atoms with E-state index in [1.807, 2.05) is 33.8 Å². The summed E-state index contributed by atoms with van der Waals surface area (Å²) in [5.41, 5.74) is 2.52. The van der Waals surface area contributed by atoms with Gasteiger partial charge in [-0.1, -0.05) is 5.16 Å². The molecule has 0 bridgehead atoms. The minimum atomic E-state index is -0.954. The van der Waals surface area contributed by atoms with Gasteiger partial charge in [0.1, 0.15) is 11.5 Å². The molecule has 148 valence electrons. The van der Waals surface area contributed by atoms with Gasteiger partial charge in [0.2, 0.25) is 0 Å². The van der Waals surface area contributed by atoms with E-state index in [0.29, 0.717) is 28.1 Å². The van der Waals surface area contributed by atoms with E-state index < -0.39 is 5.97 Å². The molecule has 1 amide bonds. The zero-order valence-corrected chi connectivity index (χ0v) is 16.6. The summed E-state index contributed by atoms with van der Waals surface area (Å²) < 4.78 is 10.9. The minimum absolute atomic E-state index is 0.110. The fourth-order valence-corrected chi connectivity index (χ4v) is 3.25. The number of aromatic nitrogens is 2. The second-order valence-corrected chi connectivity index (χ2v) is 7.07. The van der Waals surface area contributed by atoms with Crippen molar-refractivity contribution in [1.29, 1.82) is 0 Å². The summed E-state index contributed by atoms with van der Waals surface area (Å²) in [4.78, 5) is 30.4. The van der Waals surface area contributed by atoms with E-state index in [-0.39, 0.29) is 30.6 Å². The van der Waals surface area contributed by atoms with Crippen LogP contribution in [0, 0.1) is 20.8 Å². The average Bonchev–Trinajstić information content (AvgIpc) is 3.15. The Morgan fingerprint density at radius 1 is 1.21 bits per heavy atom. The van der Waals surface area contributed by atoms with Gasteiger partial charge in [-0.25, -0.2) is 4.98 Å². The van der Waals surface area contributed by atoms with Crippen LogP contribution in [0.3, 0.4) is 0 Å². The number of carboxylic acids is 1. The lowest BCUT2D eigenvalue weighted by molar-refractivity contribution is -0.137. The topological polar surface area (TPSA) is 110 Å². The molecule has 0 radical (unpaired) electrons. The molecule has 0 saturated carbocycles. The molecule has 3 rings (SSSR count). The van der Waals surface area contributed by atoms with Gasteiger partial charge < -0.3 is 18.9 Å². The Labute approximate surface area is 162 Å². The number of amides is 1. The lowest BCUT2D eigenvalue weighted by Gasteiger charge is -2.26. The first-order chi connectivity index (χ1) is 13.2. The van der Waals surface area contributed by atoms with E-state index in [1.54, 1.807) is 13.0 Å². The molecule has 8 nitrogen and oxygen atoms in total. The van der Waals surface area contributed by atoms with E-state index >= 15 is 0 Å². The van der Waals surface area contributed by atoms with Crippen LogP contribution in [0.1, 0.15) is 47.8 Å². The second kappa shape index (κ2) is 7.46. The quantitative estimate of drug-likeness (QED) is 0.688. The number of hydrogen-bond acceptors (Lipinski definition) is 6. The summed E-state index contributed by atoms with van der Waals surface area (Å²) in [5.74, 6) is 0.186. The molecule has 8 heteroatoms. The number of rotatable bonds is 6. The van der Waals surface area contributed by atoms with Gasteiger partial charge >= 0.3 is 5.97 Å². The molecule has 0 aliphatic rings.